The Morgan fingerprint density at radius 3 is 3.00 bits per heavy atom. The summed E-state index contributed by atoms with van der Waals surface area (Å²) in [6, 6.07) is 0. The third-order valence-electron chi connectivity index (χ3n) is 0.309. The van der Waals surface area contributed by atoms with Gasteiger partial charge in [0.15, 0.2) is 0 Å². The van der Waals surface area contributed by atoms with Crippen LogP contribution in [0.15, 0.2) is 4.99 Å². The lowest BCUT2D eigenvalue weighted by molar-refractivity contribution is 0.171. The first-order valence-corrected chi connectivity index (χ1v) is 1.24. The van der Waals surface area contributed by atoms with E-state index in [9.17, 15) is 0 Å². The summed E-state index contributed by atoms with van der Waals surface area (Å²) in [5.41, 5.74) is 2.38. The molecule has 5 heavy (non-hydrogen) atoms. The summed E-state index contributed by atoms with van der Waals surface area (Å²) in [6.07, 6.45) is 1.46. The Morgan fingerprint density at radius 1 is 1.80 bits per heavy atom. The summed E-state index contributed by atoms with van der Waals surface area (Å²) in [6.45, 7) is 1.32. The van der Waals surface area contributed by atoms with Crippen LogP contribution in [0.5, 0.6) is 0 Å². The van der Waals surface area contributed by atoms with Crippen molar-refractivity contribution in [2.24, 2.45) is 4.99 Å². The van der Waals surface area contributed by atoms with E-state index in [1.165, 1.54) is 13.1 Å². The molecule has 1 aliphatic rings. The van der Waals surface area contributed by atoms with Gasteiger partial charge in [0, 0.05) is 0 Å². The number of hydrogen-bond acceptors (Lipinski definition) is 3. The van der Waals surface area contributed by atoms with Crippen LogP contribution in [-0.4, -0.2) is 6.34 Å². The zero-order chi connectivity index (χ0) is 3.54. The van der Waals surface area contributed by atoms with Crippen molar-refractivity contribution < 1.29 is 4.84 Å². The van der Waals surface area contributed by atoms with Crippen LogP contribution < -0.4 is 5.48 Å². The van der Waals surface area contributed by atoms with Crippen LogP contribution in [0.1, 0.15) is 0 Å². The highest BCUT2D eigenvalue weighted by Gasteiger charge is 1.83. The summed E-state index contributed by atoms with van der Waals surface area (Å²) in [5.74, 6) is 0. The molecule has 0 fully saturated rings. The summed E-state index contributed by atoms with van der Waals surface area (Å²) in [5, 5.41) is 0. The number of nitrogens with one attached hydrogen (secondary N) is 1. The van der Waals surface area contributed by atoms with Crippen LogP contribution in [-0.2, 0) is 4.84 Å². The molecule has 0 spiro atoms. The number of nitrogens with zero attached hydrogens (tertiary/aromatic N) is 1. The van der Waals surface area contributed by atoms with Gasteiger partial charge < -0.3 is 0 Å². The van der Waals surface area contributed by atoms with Crippen molar-refractivity contribution in [1.82, 2.24) is 5.48 Å². The van der Waals surface area contributed by atoms with E-state index in [1.54, 1.807) is 0 Å². The fourth-order valence-electron chi connectivity index (χ4n) is 0.152. The Hall–Kier alpha value is -0.570. The molecule has 1 N–H and O–H groups in total. The molecule has 0 unspecified atom stereocenters. The minimum absolute atomic E-state index is 1.32. The van der Waals surface area contributed by atoms with Gasteiger partial charge >= 0.3 is 0 Å². The van der Waals surface area contributed by atoms with Crippen LogP contribution in [0.4, 0.5) is 0 Å². The first-order valence-electron chi connectivity index (χ1n) is 1.24. The largest absolute Gasteiger partial charge is 0.254 e. The fourth-order valence-corrected chi connectivity index (χ4v) is 0.152. The molecule has 0 atom stereocenters. The van der Waals surface area contributed by atoms with E-state index < -0.39 is 0 Å². The SMILES string of the molecule is [CH]1N=CNO1. The topological polar surface area (TPSA) is 33.6 Å². The van der Waals surface area contributed by atoms with Gasteiger partial charge in [-0.1, -0.05) is 0 Å². The highest BCUT2D eigenvalue weighted by molar-refractivity contribution is 5.54. The molecule has 0 saturated carbocycles. The lowest BCUT2D eigenvalue weighted by atomic mass is 11.3. The second kappa shape index (κ2) is 1.03. The second-order valence-corrected chi connectivity index (χ2v) is 0.619. The molecule has 0 aromatic heterocycles. The van der Waals surface area contributed by atoms with Crippen LogP contribution in [0, 0.1) is 6.73 Å². The van der Waals surface area contributed by atoms with Crippen molar-refractivity contribution in [2.45, 2.75) is 0 Å². The standard InChI is InChI=1S/C2H3N2O/c1-3-2-5-4-1/h1-2H,(H,3,4). The maximum atomic E-state index is 4.35. The van der Waals surface area contributed by atoms with Gasteiger partial charge in [-0.25, -0.2) is 9.83 Å². The first kappa shape index (κ1) is 2.66. The van der Waals surface area contributed by atoms with Crippen LogP contribution in [0.3, 0.4) is 0 Å². The zero-order valence-corrected chi connectivity index (χ0v) is 2.51. The summed E-state index contributed by atoms with van der Waals surface area (Å²) < 4.78 is 0. The van der Waals surface area contributed by atoms with Crippen molar-refractivity contribution in [3.05, 3.63) is 6.73 Å². The molecule has 0 saturated heterocycles. The number of hydrogen-bond donors (Lipinski definition) is 1. The van der Waals surface area contributed by atoms with E-state index in [4.69, 9.17) is 0 Å². The van der Waals surface area contributed by atoms with Crippen LogP contribution >= 0.6 is 0 Å². The predicted octanol–water partition coefficient (Wildman–Crippen LogP) is -0.331. The Morgan fingerprint density at radius 2 is 2.80 bits per heavy atom. The third kappa shape index (κ3) is 0.357. The number of rotatable bonds is 0. The molecule has 0 aliphatic carbocycles. The normalized spacial score (nSPS) is 19.2. The van der Waals surface area contributed by atoms with E-state index in [0.717, 1.165) is 0 Å². The minimum atomic E-state index is 1.32. The Labute approximate surface area is 29.6 Å². The van der Waals surface area contributed by atoms with Gasteiger partial charge in [-0.3, -0.25) is 5.48 Å². The average Bonchev–Trinajstić information content (AvgIpc) is 1.76. The van der Waals surface area contributed by atoms with Crippen molar-refractivity contribution in [3.8, 4) is 0 Å². The quantitative estimate of drug-likeness (QED) is 0.424. The van der Waals surface area contributed by atoms with E-state index in [1.807, 2.05) is 0 Å². The van der Waals surface area contributed by atoms with Gasteiger partial charge in [0.2, 0.25) is 6.73 Å². The van der Waals surface area contributed by atoms with Gasteiger partial charge in [-0.2, -0.15) is 0 Å². The van der Waals surface area contributed by atoms with Gasteiger partial charge in [0.1, 0.15) is 6.34 Å². The molecule has 1 heterocycles. The van der Waals surface area contributed by atoms with Crippen molar-refractivity contribution >= 4 is 6.34 Å². The fraction of sp³-hybridized carbons (Fsp3) is 0. The van der Waals surface area contributed by atoms with Crippen LogP contribution in [0.25, 0.3) is 0 Å². The molecule has 0 bridgehead atoms. The van der Waals surface area contributed by atoms with E-state index in [2.05, 4.69) is 15.3 Å². The molecule has 0 amide bonds. The second-order valence-electron chi connectivity index (χ2n) is 0.619. The highest BCUT2D eigenvalue weighted by Crippen LogP contribution is 1.79. The van der Waals surface area contributed by atoms with Crippen LogP contribution in [0.2, 0.25) is 0 Å². The lowest BCUT2D eigenvalue weighted by Gasteiger charge is -1.77. The van der Waals surface area contributed by atoms with Gasteiger partial charge in [0.05, 0.1) is 0 Å². The minimum Gasteiger partial charge on any atom is -0.254 e. The molecule has 1 rings (SSSR count). The lowest BCUT2D eigenvalue weighted by Crippen LogP contribution is -1.99. The molecule has 3 nitrogen and oxygen atoms in total. The predicted molar refractivity (Wildman–Crippen MR) is 17.0 cm³/mol. The van der Waals surface area contributed by atoms with Crippen molar-refractivity contribution in [1.29, 1.82) is 0 Å². The molecule has 3 heteroatoms. The average molecular weight is 71.1 g/mol. The Kier molecular flexibility index (Phi) is 0.548. The van der Waals surface area contributed by atoms with Gasteiger partial charge in [-0.15, -0.1) is 0 Å². The highest BCUT2D eigenvalue weighted by atomic mass is 16.7. The van der Waals surface area contributed by atoms with E-state index >= 15 is 0 Å². The first-order chi connectivity index (χ1) is 2.50. The molecule has 0 aromatic carbocycles. The zero-order valence-electron chi connectivity index (χ0n) is 2.51. The maximum absolute atomic E-state index is 4.35. The van der Waals surface area contributed by atoms with E-state index in [0.29, 0.717) is 0 Å². The Balaban J connectivity index is 2.32. The van der Waals surface area contributed by atoms with E-state index in [-0.39, 0.29) is 0 Å². The van der Waals surface area contributed by atoms with Crippen molar-refractivity contribution in [3.63, 3.8) is 0 Å². The molecular weight excluding hydrogens is 68.0 g/mol. The van der Waals surface area contributed by atoms with Gasteiger partial charge in [-0.05, 0) is 0 Å². The summed E-state index contributed by atoms with van der Waals surface area (Å²) in [7, 11) is 0. The number of hydroxylamine groups is 1. The molecule has 1 aliphatic heterocycles. The monoisotopic (exact) mass is 71.0 g/mol. The molecule has 0 aromatic rings. The summed E-state index contributed by atoms with van der Waals surface area (Å²) in [4.78, 5) is 7.85. The molecular formula is C2H3N2O. The molecule has 27 valence electrons. The van der Waals surface area contributed by atoms with Gasteiger partial charge in [0.25, 0.3) is 0 Å². The maximum Gasteiger partial charge on any atom is 0.225 e. The van der Waals surface area contributed by atoms with Crippen molar-refractivity contribution in [2.75, 3.05) is 0 Å². The third-order valence-corrected chi connectivity index (χ3v) is 0.309. The smallest absolute Gasteiger partial charge is 0.225 e. The number of aliphatic imine (C=N–C) groups is 1. The Bertz CT molecular complexity index is 45.6. The summed E-state index contributed by atoms with van der Waals surface area (Å²) >= 11 is 0. The molecule has 1 radical (unpaired) electrons.